The van der Waals surface area contributed by atoms with Gasteiger partial charge in [0, 0.05) is 10.8 Å². The van der Waals surface area contributed by atoms with Crippen molar-refractivity contribution < 1.29 is 19.1 Å². The minimum absolute atomic E-state index is 0.0897. The predicted molar refractivity (Wildman–Crippen MR) is 182 cm³/mol. The fourth-order valence-electron chi connectivity index (χ4n) is 15.5. The number of rotatable bonds is 4. The Morgan fingerprint density at radius 1 is 0.522 bits per heavy atom. The zero-order valence-corrected chi connectivity index (χ0v) is 30.0. The first-order chi connectivity index (χ1) is 21.6. The van der Waals surface area contributed by atoms with Crippen LogP contribution in [0.1, 0.15) is 144 Å². The zero-order valence-electron chi connectivity index (χ0n) is 30.0. The summed E-state index contributed by atoms with van der Waals surface area (Å²) in [7, 11) is 0. The number of hydrogen-bond donors (Lipinski definition) is 0. The SMILES string of the molecule is C[C@]12C=C[C@@]3(CC[C@@H]4[C@@](C)(COC(=O)C(=O)OC[C@@]5(C)CCC[C@]6(C)[C@@H]5CC[C@@]57C=C[C@@](C)(CC[C@H]56)C7)CCC[C@@]4(C)[C@@H]3CC1)C2. The smallest absolute Gasteiger partial charge is 0.417 e. The first-order valence-corrected chi connectivity index (χ1v) is 19.4. The molecular weight excluding hydrogens is 568 g/mol. The monoisotopic (exact) mass is 630 g/mol. The molecule has 8 aliphatic carbocycles. The Bertz CT molecular complexity index is 1260. The Labute approximate surface area is 279 Å². The molecule has 8 rings (SSSR count). The lowest BCUT2D eigenvalue weighted by atomic mass is 9.40. The number of fused-ring (bicyclic) bond motifs is 6. The van der Waals surface area contributed by atoms with E-state index < -0.39 is 11.9 Å². The van der Waals surface area contributed by atoms with Crippen molar-refractivity contribution in [3.05, 3.63) is 24.3 Å². The molecule has 2 spiro atoms. The highest BCUT2D eigenvalue weighted by Gasteiger charge is 2.65. The molecule has 0 aromatic carbocycles. The summed E-state index contributed by atoms with van der Waals surface area (Å²) in [6.45, 7) is 15.4. The summed E-state index contributed by atoms with van der Waals surface area (Å²) in [5.74, 6) is 0.913. The van der Waals surface area contributed by atoms with E-state index in [0.29, 0.717) is 58.5 Å². The van der Waals surface area contributed by atoms with Crippen molar-refractivity contribution in [2.45, 2.75) is 144 Å². The quantitative estimate of drug-likeness (QED) is 0.176. The van der Waals surface area contributed by atoms with Crippen LogP contribution in [0, 0.1) is 67.0 Å². The van der Waals surface area contributed by atoms with Gasteiger partial charge in [-0.2, -0.15) is 0 Å². The number of esters is 2. The molecule has 4 heteroatoms. The van der Waals surface area contributed by atoms with Crippen molar-refractivity contribution in [2.24, 2.45) is 67.0 Å². The molecule has 0 aliphatic heterocycles. The number of ether oxygens (including phenoxy) is 2. The maximum Gasteiger partial charge on any atom is 0.417 e. The van der Waals surface area contributed by atoms with Gasteiger partial charge in [-0.25, -0.2) is 9.59 Å². The Balaban J connectivity index is 0.907. The minimum atomic E-state index is -0.777. The highest BCUT2D eigenvalue weighted by Crippen LogP contribution is 2.73. The van der Waals surface area contributed by atoms with Crippen molar-refractivity contribution in [2.75, 3.05) is 13.2 Å². The number of hydrogen-bond acceptors (Lipinski definition) is 4. The predicted octanol–water partition coefficient (Wildman–Crippen LogP) is 10.0. The van der Waals surface area contributed by atoms with Gasteiger partial charge in [0.1, 0.15) is 0 Å². The van der Waals surface area contributed by atoms with Crippen LogP contribution in [-0.4, -0.2) is 25.2 Å². The van der Waals surface area contributed by atoms with Gasteiger partial charge in [-0.05, 0) is 146 Å². The number of allylic oxidation sites excluding steroid dienone is 4. The van der Waals surface area contributed by atoms with Gasteiger partial charge in [0.15, 0.2) is 0 Å². The fraction of sp³-hybridized carbons (Fsp3) is 0.857. The van der Waals surface area contributed by atoms with Crippen molar-refractivity contribution in [1.29, 1.82) is 0 Å². The largest absolute Gasteiger partial charge is 0.457 e. The molecule has 46 heavy (non-hydrogen) atoms. The Hall–Kier alpha value is -1.58. The van der Waals surface area contributed by atoms with E-state index in [4.69, 9.17) is 9.47 Å². The molecule has 254 valence electrons. The van der Waals surface area contributed by atoms with Gasteiger partial charge in [0.2, 0.25) is 0 Å². The molecule has 6 fully saturated rings. The number of carbonyl (C=O) groups excluding carboxylic acids is 2. The second-order valence-corrected chi connectivity index (χ2v) is 20.3. The summed E-state index contributed by atoms with van der Waals surface area (Å²) < 4.78 is 11.9. The highest BCUT2D eigenvalue weighted by molar-refractivity contribution is 6.29. The fourth-order valence-corrected chi connectivity index (χ4v) is 15.5. The first-order valence-electron chi connectivity index (χ1n) is 19.4. The average Bonchev–Trinajstić information content (AvgIpc) is 3.40. The average molecular weight is 631 g/mol. The van der Waals surface area contributed by atoms with E-state index in [2.05, 4.69) is 65.8 Å². The molecule has 0 unspecified atom stereocenters. The van der Waals surface area contributed by atoms with Gasteiger partial charge in [0.05, 0.1) is 13.2 Å². The lowest BCUT2D eigenvalue weighted by Crippen LogP contribution is -2.58. The van der Waals surface area contributed by atoms with E-state index in [-0.39, 0.29) is 21.7 Å². The maximum absolute atomic E-state index is 13.2. The zero-order chi connectivity index (χ0) is 32.4. The van der Waals surface area contributed by atoms with Crippen LogP contribution in [0.3, 0.4) is 0 Å². The summed E-state index contributed by atoms with van der Waals surface area (Å²) in [6, 6.07) is 0. The summed E-state index contributed by atoms with van der Waals surface area (Å²) >= 11 is 0. The van der Waals surface area contributed by atoms with Crippen molar-refractivity contribution in [1.82, 2.24) is 0 Å². The molecular formula is C42H62O4. The van der Waals surface area contributed by atoms with Gasteiger partial charge in [-0.15, -0.1) is 0 Å². The van der Waals surface area contributed by atoms with E-state index in [1.54, 1.807) is 0 Å². The molecule has 6 saturated carbocycles. The van der Waals surface area contributed by atoms with Crippen molar-refractivity contribution in [3.63, 3.8) is 0 Å². The topological polar surface area (TPSA) is 52.6 Å². The summed E-state index contributed by atoms with van der Waals surface area (Å²) in [4.78, 5) is 26.5. The van der Waals surface area contributed by atoms with Crippen molar-refractivity contribution >= 4 is 11.9 Å². The van der Waals surface area contributed by atoms with Crippen LogP contribution in [0.25, 0.3) is 0 Å². The highest BCUT2D eigenvalue weighted by atomic mass is 16.6. The van der Waals surface area contributed by atoms with E-state index in [1.807, 2.05) is 0 Å². The second kappa shape index (κ2) is 9.99. The van der Waals surface area contributed by atoms with Crippen molar-refractivity contribution in [3.8, 4) is 0 Å². The minimum Gasteiger partial charge on any atom is -0.457 e. The molecule has 0 heterocycles. The Kier molecular flexibility index (Phi) is 6.88. The third kappa shape index (κ3) is 4.41. The maximum atomic E-state index is 13.2. The molecule has 0 aromatic heterocycles. The van der Waals surface area contributed by atoms with Gasteiger partial charge in [-0.1, -0.05) is 78.7 Å². The molecule has 0 aromatic rings. The van der Waals surface area contributed by atoms with E-state index in [9.17, 15) is 9.59 Å². The van der Waals surface area contributed by atoms with Gasteiger partial charge >= 0.3 is 11.9 Å². The van der Waals surface area contributed by atoms with Gasteiger partial charge in [-0.3, -0.25) is 0 Å². The molecule has 12 atom stereocenters. The molecule has 0 radical (unpaired) electrons. The van der Waals surface area contributed by atoms with Gasteiger partial charge in [0.25, 0.3) is 0 Å². The molecule has 8 aliphatic rings. The second-order valence-electron chi connectivity index (χ2n) is 20.3. The van der Waals surface area contributed by atoms with Crippen LogP contribution >= 0.6 is 0 Å². The molecule has 0 saturated heterocycles. The van der Waals surface area contributed by atoms with Crippen LogP contribution in [0.15, 0.2) is 24.3 Å². The van der Waals surface area contributed by atoms with Crippen LogP contribution in [-0.2, 0) is 19.1 Å². The van der Waals surface area contributed by atoms with Gasteiger partial charge < -0.3 is 9.47 Å². The molecule has 0 amide bonds. The third-order valence-electron chi connectivity index (χ3n) is 17.3. The van der Waals surface area contributed by atoms with Crippen LogP contribution < -0.4 is 0 Å². The molecule has 0 N–H and O–H groups in total. The first kappa shape index (κ1) is 31.7. The Morgan fingerprint density at radius 2 is 0.913 bits per heavy atom. The van der Waals surface area contributed by atoms with Crippen LogP contribution in [0.2, 0.25) is 0 Å². The number of carbonyl (C=O) groups is 2. The van der Waals surface area contributed by atoms with E-state index in [0.717, 1.165) is 12.8 Å². The molecule has 4 bridgehead atoms. The standard InChI is InChI=1S/C42H62O4/c1-35-17-9-31-39(5)15-7-13-37(3,29(39)11-19-41(31,25-35)23-21-35)27-45-33(43)34(44)46-28-38(4)14-8-16-40(6)30(38)12-20-42-24-22-36(2,26-42)18-10-32(40)42/h21-24,29-32H,7-20,25-28H2,1-6H3/t29-,30-,31+,32+,35-,36-,37-,38-,39-,40-,41+,42+/m1/s1. The Morgan fingerprint density at radius 3 is 1.33 bits per heavy atom. The third-order valence-corrected chi connectivity index (χ3v) is 17.3. The lowest BCUT2D eigenvalue weighted by Gasteiger charge is -2.64. The van der Waals surface area contributed by atoms with E-state index >= 15 is 0 Å². The lowest BCUT2D eigenvalue weighted by molar-refractivity contribution is -0.187. The normalized spacial score (nSPS) is 54.7. The van der Waals surface area contributed by atoms with Crippen LogP contribution in [0.5, 0.6) is 0 Å². The summed E-state index contributed by atoms with van der Waals surface area (Å²) in [5, 5.41) is 0. The van der Waals surface area contributed by atoms with Crippen LogP contribution in [0.4, 0.5) is 0 Å². The van der Waals surface area contributed by atoms with E-state index in [1.165, 1.54) is 89.9 Å². The summed E-state index contributed by atoms with van der Waals surface area (Å²) in [5.41, 5.74) is 1.87. The summed E-state index contributed by atoms with van der Waals surface area (Å²) in [6.07, 6.45) is 30.1. The molecule has 4 nitrogen and oxygen atoms in total.